The highest BCUT2D eigenvalue weighted by Gasteiger charge is 2.01. The molecule has 0 atom stereocenters. The van der Waals surface area contributed by atoms with Crippen LogP contribution in [0, 0.1) is 0 Å². The Morgan fingerprint density at radius 3 is 2.90 bits per heavy atom. The van der Waals surface area contributed by atoms with Crippen molar-refractivity contribution in [3.63, 3.8) is 0 Å². The summed E-state index contributed by atoms with van der Waals surface area (Å²) in [5.41, 5.74) is 0. The topological polar surface area (TPSA) is 59.8 Å². The number of carbonyl (C=O) groups is 1. The van der Waals surface area contributed by atoms with Gasteiger partial charge in [-0.3, -0.25) is 9.48 Å². The van der Waals surface area contributed by atoms with Crippen LogP contribution in [0.15, 0.2) is 47.9 Å². The van der Waals surface area contributed by atoms with Gasteiger partial charge in [0.1, 0.15) is 12.7 Å². The highest BCUT2D eigenvalue weighted by molar-refractivity contribution is 7.99. The molecule has 0 radical (unpaired) electrons. The first kappa shape index (κ1) is 14.6. The molecule has 0 aliphatic carbocycles. The van der Waals surface area contributed by atoms with Crippen LogP contribution in [-0.4, -0.2) is 33.0 Å². The van der Waals surface area contributed by atoms with E-state index in [0.29, 0.717) is 13.0 Å². The molecule has 1 heterocycles. The number of nitrogens with one attached hydrogen (secondary N) is 1. The maximum Gasteiger partial charge on any atom is 0.221 e. The lowest BCUT2D eigenvalue weighted by Crippen LogP contribution is -2.25. The SMILES string of the molecule is O=C(CCn1cncn1)NCCCSc1ccccc1. The van der Waals surface area contributed by atoms with Gasteiger partial charge in [-0.15, -0.1) is 11.8 Å². The highest BCUT2D eigenvalue weighted by atomic mass is 32.2. The predicted octanol–water partition coefficient (Wildman–Crippen LogP) is 1.97. The van der Waals surface area contributed by atoms with E-state index in [-0.39, 0.29) is 5.91 Å². The second-order valence-electron chi connectivity index (χ2n) is 4.27. The Morgan fingerprint density at radius 2 is 2.15 bits per heavy atom. The standard InChI is InChI=1S/C14H18N4OS/c19-14(7-9-18-12-15-11-17-18)16-8-4-10-20-13-5-2-1-3-6-13/h1-3,5-6,11-12H,4,7-10H2,(H,16,19). The van der Waals surface area contributed by atoms with Gasteiger partial charge >= 0.3 is 0 Å². The van der Waals surface area contributed by atoms with Crippen molar-refractivity contribution in [3.05, 3.63) is 43.0 Å². The smallest absolute Gasteiger partial charge is 0.221 e. The predicted molar refractivity (Wildman–Crippen MR) is 79.4 cm³/mol. The second kappa shape index (κ2) is 8.37. The van der Waals surface area contributed by atoms with Gasteiger partial charge in [-0.2, -0.15) is 5.10 Å². The van der Waals surface area contributed by atoms with Crippen molar-refractivity contribution in [1.82, 2.24) is 20.1 Å². The van der Waals surface area contributed by atoms with E-state index in [9.17, 15) is 4.79 Å². The van der Waals surface area contributed by atoms with Crippen LogP contribution in [-0.2, 0) is 11.3 Å². The number of hydrogen-bond donors (Lipinski definition) is 1. The first-order chi connectivity index (χ1) is 9.84. The molecule has 0 aliphatic rings. The molecule has 1 amide bonds. The zero-order chi connectivity index (χ0) is 14.0. The average Bonchev–Trinajstić information content (AvgIpc) is 2.99. The summed E-state index contributed by atoms with van der Waals surface area (Å²) < 4.78 is 1.66. The Hall–Kier alpha value is -1.82. The molecule has 106 valence electrons. The van der Waals surface area contributed by atoms with Gasteiger partial charge in [-0.05, 0) is 24.3 Å². The number of nitrogens with zero attached hydrogens (tertiary/aromatic N) is 3. The normalized spacial score (nSPS) is 10.4. The van der Waals surface area contributed by atoms with Gasteiger partial charge in [-0.1, -0.05) is 18.2 Å². The first-order valence-corrected chi connectivity index (χ1v) is 7.60. The summed E-state index contributed by atoms with van der Waals surface area (Å²) in [4.78, 5) is 16.7. The van der Waals surface area contributed by atoms with Crippen molar-refractivity contribution in [1.29, 1.82) is 0 Å². The van der Waals surface area contributed by atoms with Crippen LogP contribution in [0.4, 0.5) is 0 Å². The summed E-state index contributed by atoms with van der Waals surface area (Å²) >= 11 is 1.81. The van der Waals surface area contributed by atoms with Gasteiger partial charge < -0.3 is 5.32 Å². The fraction of sp³-hybridized carbons (Fsp3) is 0.357. The highest BCUT2D eigenvalue weighted by Crippen LogP contribution is 2.17. The van der Waals surface area contributed by atoms with E-state index in [1.165, 1.54) is 11.2 Å². The zero-order valence-electron chi connectivity index (χ0n) is 11.2. The third kappa shape index (κ3) is 5.44. The summed E-state index contributed by atoms with van der Waals surface area (Å²) in [5.74, 6) is 1.07. The molecule has 1 N–H and O–H groups in total. The van der Waals surface area contributed by atoms with E-state index >= 15 is 0 Å². The van der Waals surface area contributed by atoms with Crippen molar-refractivity contribution in [2.45, 2.75) is 24.3 Å². The van der Waals surface area contributed by atoms with Gasteiger partial charge in [0.05, 0.1) is 6.54 Å². The molecule has 0 saturated carbocycles. The van der Waals surface area contributed by atoms with Crippen molar-refractivity contribution < 1.29 is 4.79 Å². The van der Waals surface area contributed by atoms with Crippen LogP contribution >= 0.6 is 11.8 Å². The summed E-state index contributed by atoms with van der Waals surface area (Å²) in [7, 11) is 0. The maximum atomic E-state index is 11.6. The minimum Gasteiger partial charge on any atom is -0.356 e. The van der Waals surface area contributed by atoms with Gasteiger partial charge in [-0.25, -0.2) is 4.98 Å². The van der Waals surface area contributed by atoms with E-state index < -0.39 is 0 Å². The molecular formula is C14H18N4OS. The van der Waals surface area contributed by atoms with Crippen molar-refractivity contribution in [2.24, 2.45) is 0 Å². The van der Waals surface area contributed by atoms with E-state index in [0.717, 1.165) is 18.7 Å². The second-order valence-corrected chi connectivity index (χ2v) is 5.44. The van der Waals surface area contributed by atoms with Gasteiger partial charge in [0.15, 0.2) is 0 Å². The maximum absolute atomic E-state index is 11.6. The summed E-state index contributed by atoms with van der Waals surface area (Å²) in [6.45, 7) is 1.29. The molecule has 1 aromatic carbocycles. The molecule has 20 heavy (non-hydrogen) atoms. The molecule has 1 aromatic heterocycles. The lowest BCUT2D eigenvalue weighted by molar-refractivity contribution is -0.121. The van der Waals surface area contributed by atoms with Gasteiger partial charge in [0, 0.05) is 17.9 Å². The van der Waals surface area contributed by atoms with Crippen molar-refractivity contribution in [3.8, 4) is 0 Å². The lowest BCUT2D eigenvalue weighted by Gasteiger charge is -2.05. The van der Waals surface area contributed by atoms with E-state index in [1.54, 1.807) is 11.0 Å². The Bertz CT molecular complexity index is 501. The van der Waals surface area contributed by atoms with Crippen molar-refractivity contribution >= 4 is 17.7 Å². The monoisotopic (exact) mass is 290 g/mol. The number of benzene rings is 1. The van der Waals surface area contributed by atoms with E-state index in [4.69, 9.17) is 0 Å². The summed E-state index contributed by atoms with van der Waals surface area (Å²) in [6, 6.07) is 10.3. The fourth-order valence-electron chi connectivity index (χ4n) is 1.66. The molecule has 6 heteroatoms. The van der Waals surface area contributed by atoms with Gasteiger partial charge in [0.25, 0.3) is 0 Å². The van der Waals surface area contributed by atoms with Crippen molar-refractivity contribution in [2.75, 3.05) is 12.3 Å². The molecule has 0 unspecified atom stereocenters. The first-order valence-electron chi connectivity index (χ1n) is 6.61. The third-order valence-corrected chi connectivity index (χ3v) is 3.79. The largest absolute Gasteiger partial charge is 0.356 e. The number of carbonyl (C=O) groups excluding carboxylic acids is 1. The number of rotatable bonds is 8. The van der Waals surface area contributed by atoms with Crippen LogP contribution in [0.25, 0.3) is 0 Å². The minimum atomic E-state index is 0.0604. The van der Waals surface area contributed by atoms with Crippen LogP contribution in [0.5, 0.6) is 0 Å². The number of aryl methyl sites for hydroxylation is 1. The molecule has 0 fully saturated rings. The number of hydrogen-bond acceptors (Lipinski definition) is 4. The average molecular weight is 290 g/mol. The lowest BCUT2D eigenvalue weighted by atomic mass is 10.4. The molecule has 0 spiro atoms. The Morgan fingerprint density at radius 1 is 1.30 bits per heavy atom. The molecule has 0 bridgehead atoms. The fourth-order valence-corrected chi connectivity index (χ4v) is 2.53. The van der Waals surface area contributed by atoms with E-state index in [2.05, 4.69) is 27.5 Å². The molecule has 2 rings (SSSR count). The quantitative estimate of drug-likeness (QED) is 0.596. The van der Waals surface area contributed by atoms with Crippen LogP contribution in [0.3, 0.4) is 0 Å². The van der Waals surface area contributed by atoms with Gasteiger partial charge in [0.2, 0.25) is 5.91 Å². The summed E-state index contributed by atoms with van der Waals surface area (Å²) in [6.07, 6.45) is 4.49. The van der Waals surface area contributed by atoms with Crippen LogP contribution in [0.2, 0.25) is 0 Å². The molecule has 0 saturated heterocycles. The molecular weight excluding hydrogens is 272 g/mol. The Labute approximate surface area is 122 Å². The van der Waals surface area contributed by atoms with Crippen LogP contribution < -0.4 is 5.32 Å². The van der Waals surface area contributed by atoms with E-state index in [1.807, 2.05) is 30.0 Å². The molecule has 2 aromatic rings. The minimum absolute atomic E-state index is 0.0604. The Kier molecular flexibility index (Phi) is 6.10. The summed E-state index contributed by atoms with van der Waals surface area (Å²) in [5, 5.41) is 6.87. The number of amides is 1. The van der Waals surface area contributed by atoms with Crippen LogP contribution in [0.1, 0.15) is 12.8 Å². The Balaban J connectivity index is 1.51. The number of aromatic nitrogens is 3. The zero-order valence-corrected chi connectivity index (χ0v) is 12.1. The number of thioether (sulfide) groups is 1. The molecule has 0 aliphatic heterocycles. The molecule has 5 nitrogen and oxygen atoms in total. The third-order valence-electron chi connectivity index (χ3n) is 2.69.